The first-order chi connectivity index (χ1) is 8.31. The molecule has 0 unspecified atom stereocenters. The molecule has 17 heavy (non-hydrogen) atoms. The molecule has 0 saturated heterocycles. The van der Waals surface area contributed by atoms with Crippen molar-refractivity contribution in [2.24, 2.45) is 10.2 Å². The largest absolute Gasteiger partial charge is 0.397 e. The highest BCUT2D eigenvalue weighted by Gasteiger charge is 1.98. The van der Waals surface area contributed by atoms with E-state index in [0.717, 1.165) is 0 Å². The number of para-hydroxylation sites is 2. The Balaban J connectivity index is 2.32. The minimum absolute atomic E-state index is 0.366. The van der Waals surface area contributed by atoms with E-state index in [9.17, 15) is 4.91 Å². The number of nitrogens with zero attached hydrogens (tertiary/aromatic N) is 2. The molecule has 0 aliphatic rings. The normalized spacial score (nSPS) is 10.6. The predicted molar refractivity (Wildman–Crippen MR) is 70.0 cm³/mol. The Kier molecular flexibility index (Phi) is 3.25. The summed E-state index contributed by atoms with van der Waals surface area (Å²) in [6, 6.07) is 14.3. The van der Waals surface area contributed by atoms with Gasteiger partial charge in [-0.25, -0.2) is 0 Å². The van der Waals surface area contributed by atoms with Crippen molar-refractivity contribution in [3.63, 3.8) is 0 Å². The number of hydrogen-bond acceptors (Lipinski definition) is 4. The maximum absolute atomic E-state index is 10.6. The van der Waals surface area contributed by atoms with Gasteiger partial charge in [0.15, 0.2) is 0 Å². The fourth-order valence-corrected chi connectivity index (χ4v) is 1.42. The lowest BCUT2D eigenvalue weighted by Gasteiger charge is -1.99. The van der Waals surface area contributed by atoms with Gasteiger partial charge in [0.25, 0.3) is 0 Å². The molecule has 0 aliphatic heterocycles. The van der Waals surface area contributed by atoms with Crippen molar-refractivity contribution in [2.45, 2.75) is 0 Å². The topological polar surface area (TPSA) is 67.8 Å². The SMILES string of the molecule is Nc1ccccc1N=Cc1ccccc1N=O. The number of nitrogens with two attached hydrogens (primary N) is 1. The molecule has 2 aromatic carbocycles. The zero-order chi connectivity index (χ0) is 12.1. The van der Waals surface area contributed by atoms with Gasteiger partial charge >= 0.3 is 0 Å². The summed E-state index contributed by atoms with van der Waals surface area (Å²) in [6.07, 6.45) is 1.59. The summed E-state index contributed by atoms with van der Waals surface area (Å²) >= 11 is 0. The maximum Gasteiger partial charge on any atom is 0.116 e. The van der Waals surface area contributed by atoms with Crippen molar-refractivity contribution in [1.82, 2.24) is 0 Å². The summed E-state index contributed by atoms with van der Waals surface area (Å²) in [7, 11) is 0. The van der Waals surface area contributed by atoms with Gasteiger partial charge in [-0.2, -0.15) is 0 Å². The Hall–Kier alpha value is -2.49. The molecule has 2 N–H and O–H groups in total. The Morgan fingerprint density at radius 2 is 1.59 bits per heavy atom. The summed E-state index contributed by atoms with van der Waals surface area (Å²) in [4.78, 5) is 14.8. The summed E-state index contributed by atoms with van der Waals surface area (Å²) in [6.45, 7) is 0. The molecule has 0 spiro atoms. The van der Waals surface area contributed by atoms with Crippen molar-refractivity contribution >= 4 is 23.3 Å². The molecule has 4 nitrogen and oxygen atoms in total. The van der Waals surface area contributed by atoms with Crippen LogP contribution in [-0.2, 0) is 0 Å². The third-order valence-electron chi connectivity index (χ3n) is 2.31. The van der Waals surface area contributed by atoms with Crippen LogP contribution in [0.3, 0.4) is 0 Å². The lowest BCUT2D eigenvalue weighted by molar-refractivity contribution is 1.47. The van der Waals surface area contributed by atoms with Crippen LogP contribution in [0.25, 0.3) is 0 Å². The molecule has 0 heterocycles. The maximum atomic E-state index is 10.6. The average molecular weight is 225 g/mol. The summed E-state index contributed by atoms with van der Waals surface area (Å²) in [5, 5.41) is 2.93. The van der Waals surface area contributed by atoms with E-state index >= 15 is 0 Å². The van der Waals surface area contributed by atoms with E-state index in [2.05, 4.69) is 10.2 Å². The lowest BCUT2D eigenvalue weighted by atomic mass is 10.2. The number of nitroso groups, excluding NO2 is 1. The number of hydrogen-bond donors (Lipinski definition) is 1. The van der Waals surface area contributed by atoms with Crippen molar-refractivity contribution in [3.05, 3.63) is 59.0 Å². The van der Waals surface area contributed by atoms with E-state index < -0.39 is 0 Å². The van der Waals surface area contributed by atoms with Crippen LogP contribution in [0.4, 0.5) is 17.1 Å². The van der Waals surface area contributed by atoms with Gasteiger partial charge in [0.2, 0.25) is 0 Å². The molecule has 4 heteroatoms. The summed E-state index contributed by atoms with van der Waals surface area (Å²) in [5.41, 5.74) is 8.07. The smallest absolute Gasteiger partial charge is 0.116 e. The highest BCUT2D eigenvalue weighted by molar-refractivity contribution is 5.89. The fraction of sp³-hybridized carbons (Fsp3) is 0. The molecular weight excluding hydrogens is 214 g/mol. The minimum Gasteiger partial charge on any atom is -0.397 e. The first kappa shape index (κ1) is 11.0. The number of aliphatic imine (C=N–C) groups is 1. The quantitative estimate of drug-likeness (QED) is 0.494. The van der Waals surface area contributed by atoms with Gasteiger partial charge in [0.05, 0.1) is 11.4 Å². The van der Waals surface area contributed by atoms with Gasteiger partial charge in [0, 0.05) is 11.8 Å². The van der Waals surface area contributed by atoms with Crippen molar-refractivity contribution in [1.29, 1.82) is 0 Å². The molecule has 0 radical (unpaired) electrons. The number of nitrogen functional groups attached to an aromatic ring is 1. The number of anilines is 1. The van der Waals surface area contributed by atoms with E-state index in [1.165, 1.54) is 0 Å². The standard InChI is InChI=1S/C13H11N3O/c14-11-6-2-4-8-13(11)15-9-10-5-1-3-7-12(10)16-17/h1-9H,14H2. The molecule has 2 aromatic rings. The Labute approximate surface area is 98.8 Å². The summed E-state index contributed by atoms with van der Waals surface area (Å²) in [5.74, 6) is 0. The number of rotatable bonds is 3. The van der Waals surface area contributed by atoms with Crippen LogP contribution in [-0.4, -0.2) is 6.21 Å². The highest BCUT2D eigenvalue weighted by Crippen LogP contribution is 2.22. The van der Waals surface area contributed by atoms with Crippen molar-refractivity contribution in [2.75, 3.05) is 5.73 Å². The Morgan fingerprint density at radius 1 is 0.941 bits per heavy atom. The van der Waals surface area contributed by atoms with E-state index in [0.29, 0.717) is 22.6 Å². The molecule has 0 bridgehead atoms. The van der Waals surface area contributed by atoms with E-state index in [1.807, 2.05) is 24.3 Å². The third-order valence-corrected chi connectivity index (χ3v) is 2.31. The molecule has 0 aliphatic carbocycles. The highest BCUT2D eigenvalue weighted by atomic mass is 16.3. The Bertz CT molecular complexity index is 564. The molecule has 0 aromatic heterocycles. The van der Waals surface area contributed by atoms with Gasteiger partial charge in [-0.05, 0) is 23.4 Å². The first-order valence-electron chi connectivity index (χ1n) is 5.12. The van der Waals surface area contributed by atoms with E-state index in [-0.39, 0.29) is 0 Å². The van der Waals surface area contributed by atoms with Crippen molar-refractivity contribution in [3.8, 4) is 0 Å². The zero-order valence-electron chi connectivity index (χ0n) is 9.08. The van der Waals surface area contributed by atoms with Crippen LogP contribution in [0.5, 0.6) is 0 Å². The monoisotopic (exact) mass is 225 g/mol. The molecule has 84 valence electrons. The molecule has 0 fully saturated rings. The van der Waals surface area contributed by atoms with Gasteiger partial charge in [0.1, 0.15) is 5.69 Å². The van der Waals surface area contributed by atoms with Gasteiger partial charge < -0.3 is 5.73 Å². The van der Waals surface area contributed by atoms with Gasteiger partial charge in [-0.1, -0.05) is 30.3 Å². The molecular formula is C13H11N3O. The Morgan fingerprint density at radius 3 is 2.29 bits per heavy atom. The summed E-state index contributed by atoms with van der Waals surface area (Å²) < 4.78 is 0. The fourth-order valence-electron chi connectivity index (χ4n) is 1.42. The molecule has 0 amide bonds. The van der Waals surface area contributed by atoms with E-state index in [1.54, 1.807) is 30.5 Å². The van der Waals surface area contributed by atoms with E-state index in [4.69, 9.17) is 5.73 Å². The second kappa shape index (κ2) is 5.03. The van der Waals surface area contributed by atoms with Crippen LogP contribution in [0, 0.1) is 4.91 Å². The zero-order valence-corrected chi connectivity index (χ0v) is 9.08. The van der Waals surface area contributed by atoms with Crippen molar-refractivity contribution < 1.29 is 0 Å². The van der Waals surface area contributed by atoms with Gasteiger partial charge in [-0.15, -0.1) is 4.91 Å². The van der Waals surface area contributed by atoms with Crippen LogP contribution in [0.2, 0.25) is 0 Å². The minimum atomic E-state index is 0.366. The number of benzene rings is 2. The van der Waals surface area contributed by atoms with Crippen LogP contribution in [0.15, 0.2) is 58.7 Å². The van der Waals surface area contributed by atoms with Crippen LogP contribution in [0.1, 0.15) is 5.56 Å². The van der Waals surface area contributed by atoms with Crippen LogP contribution < -0.4 is 5.73 Å². The third kappa shape index (κ3) is 2.55. The van der Waals surface area contributed by atoms with Crippen LogP contribution >= 0.6 is 0 Å². The predicted octanol–water partition coefficient (Wildman–Crippen LogP) is 3.42. The molecule has 0 atom stereocenters. The molecule has 0 saturated carbocycles. The average Bonchev–Trinajstić information content (AvgIpc) is 2.38. The first-order valence-corrected chi connectivity index (χ1v) is 5.12. The van der Waals surface area contributed by atoms with Gasteiger partial charge in [-0.3, -0.25) is 4.99 Å². The molecule has 2 rings (SSSR count). The lowest BCUT2D eigenvalue weighted by Crippen LogP contribution is -1.85. The second-order valence-electron chi connectivity index (χ2n) is 3.47. The second-order valence-corrected chi connectivity index (χ2v) is 3.47.